The molecule has 0 aliphatic rings. The second kappa shape index (κ2) is 5.58. The van der Waals surface area contributed by atoms with Gasteiger partial charge < -0.3 is 14.8 Å². The number of carboxylic acids is 1. The average Bonchev–Trinajstić information content (AvgIpc) is 2.15. The molecule has 1 aromatic rings. The van der Waals surface area contributed by atoms with Crippen molar-refractivity contribution in [1.29, 1.82) is 0 Å². The van der Waals surface area contributed by atoms with Crippen molar-refractivity contribution in [3.63, 3.8) is 0 Å². The smallest absolute Gasteiger partial charge is 0.343 e. The third-order valence-electron chi connectivity index (χ3n) is 2.36. The lowest BCUT2D eigenvalue weighted by atomic mass is 10.1. The number of aromatic carboxylic acids is 1. The summed E-state index contributed by atoms with van der Waals surface area (Å²) in [7, 11) is 1.60. The number of aromatic nitrogens is 2. The van der Waals surface area contributed by atoms with E-state index >= 15 is 0 Å². The van der Waals surface area contributed by atoms with Crippen molar-refractivity contribution in [3.05, 3.63) is 27.4 Å². The quantitative estimate of drug-likeness (QED) is 0.786. The molecule has 1 heterocycles. The third kappa shape index (κ3) is 3.39. The Morgan fingerprint density at radius 3 is 2.71 bits per heavy atom. The molecule has 0 radical (unpaired) electrons. The van der Waals surface area contributed by atoms with Gasteiger partial charge in [-0.15, -0.1) is 0 Å². The fraction of sp³-hybridized carbons (Fsp3) is 0.545. The van der Waals surface area contributed by atoms with Crippen LogP contribution in [0.2, 0.25) is 0 Å². The van der Waals surface area contributed by atoms with Crippen LogP contribution < -0.4 is 5.56 Å². The predicted molar refractivity (Wildman–Crippen MR) is 61.3 cm³/mol. The molecular formula is C11H16N2O4. The van der Waals surface area contributed by atoms with Crippen LogP contribution in [0.1, 0.15) is 28.8 Å². The lowest BCUT2D eigenvalue weighted by Crippen LogP contribution is -2.24. The number of ether oxygens (including phenoxy) is 1. The van der Waals surface area contributed by atoms with Crippen LogP contribution >= 0.6 is 0 Å². The second-order valence-corrected chi connectivity index (χ2v) is 4.04. The number of aryl methyl sites for hydroxylation is 1. The molecule has 6 nitrogen and oxygen atoms in total. The summed E-state index contributed by atoms with van der Waals surface area (Å²) in [5, 5.41) is 8.82. The van der Waals surface area contributed by atoms with Crippen LogP contribution in [-0.4, -0.2) is 34.8 Å². The Kier molecular flexibility index (Phi) is 4.39. The van der Waals surface area contributed by atoms with E-state index in [0.717, 1.165) is 0 Å². The van der Waals surface area contributed by atoms with E-state index in [1.807, 2.05) is 6.92 Å². The molecule has 0 amide bonds. The van der Waals surface area contributed by atoms with Crippen molar-refractivity contribution >= 4 is 5.97 Å². The van der Waals surface area contributed by atoms with E-state index in [2.05, 4.69) is 9.97 Å². The topological polar surface area (TPSA) is 92.3 Å². The van der Waals surface area contributed by atoms with Gasteiger partial charge in [0.2, 0.25) is 0 Å². The highest BCUT2D eigenvalue weighted by atomic mass is 16.5. The highest BCUT2D eigenvalue weighted by molar-refractivity contribution is 5.88. The number of hydrogen-bond acceptors (Lipinski definition) is 4. The first-order chi connectivity index (χ1) is 7.95. The van der Waals surface area contributed by atoms with E-state index < -0.39 is 11.5 Å². The molecule has 0 aromatic carbocycles. The molecule has 2 N–H and O–H groups in total. The highest BCUT2D eigenvalue weighted by Gasteiger charge is 2.15. The molecule has 0 aliphatic heterocycles. The Balaban J connectivity index is 2.99. The summed E-state index contributed by atoms with van der Waals surface area (Å²) in [5.41, 5.74) is -0.668. The van der Waals surface area contributed by atoms with E-state index in [9.17, 15) is 9.59 Å². The first kappa shape index (κ1) is 13.4. The van der Waals surface area contributed by atoms with Gasteiger partial charge in [-0.05, 0) is 12.8 Å². The average molecular weight is 240 g/mol. The molecule has 0 saturated heterocycles. The standard InChI is InChI=1S/C11H16N2O4/c1-6(5-17-3)4-8-12-7(2)9(11(15)16)10(14)13-8/h6H,4-5H2,1-3H3,(H,15,16)(H,12,13,14). The van der Waals surface area contributed by atoms with Gasteiger partial charge in [0, 0.05) is 20.1 Å². The zero-order valence-electron chi connectivity index (χ0n) is 10.1. The molecule has 0 saturated carbocycles. The van der Waals surface area contributed by atoms with E-state index in [-0.39, 0.29) is 17.2 Å². The Morgan fingerprint density at radius 1 is 1.59 bits per heavy atom. The Hall–Kier alpha value is -1.69. The van der Waals surface area contributed by atoms with Crippen LogP contribution in [0.15, 0.2) is 4.79 Å². The minimum Gasteiger partial charge on any atom is -0.477 e. The van der Waals surface area contributed by atoms with Crippen molar-refractivity contribution in [2.45, 2.75) is 20.3 Å². The number of H-pyrrole nitrogens is 1. The fourth-order valence-corrected chi connectivity index (χ4v) is 1.67. The van der Waals surface area contributed by atoms with Crippen molar-refractivity contribution in [2.24, 2.45) is 5.92 Å². The minimum atomic E-state index is -1.26. The van der Waals surface area contributed by atoms with Gasteiger partial charge in [0.25, 0.3) is 5.56 Å². The summed E-state index contributed by atoms with van der Waals surface area (Å²) in [6.07, 6.45) is 0.545. The molecule has 1 aromatic heterocycles. The zero-order valence-corrected chi connectivity index (χ0v) is 10.1. The van der Waals surface area contributed by atoms with E-state index in [0.29, 0.717) is 18.9 Å². The monoisotopic (exact) mass is 240 g/mol. The molecular weight excluding hydrogens is 224 g/mol. The highest BCUT2D eigenvalue weighted by Crippen LogP contribution is 2.05. The van der Waals surface area contributed by atoms with Crippen molar-refractivity contribution in [1.82, 2.24) is 9.97 Å². The summed E-state index contributed by atoms with van der Waals surface area (Å²) >= 11 is 0. The molecule has 1 rings (SSSR count). The fourth-order valence-electron chi connectivity index (χ4n) is 1.67. The van der Waals surface area contributed by atoms with Gasteiger partial charge in [-0.25, -0.2) is 9.78 Å². The Morgan fingerprint density at radius 2 is 2.24 bits per heavy atom. The summed E-state index contributed by atoms with van der Waals surface area (Å²) in [5.74, 6) is -0.562. The normalized spacial score (nSPS) is 12.4. The maximum Gasteiger partial charge on any atom is 0.343 e. The van der Waals surface area contributed by atoms with Crippen LogP contribution in [0.5, 0.6) is 0 Å². The number of nitrogens with one attached hydrogen (secondary N) is 1. The third-order valence-corrected chi connectivity index (χ3v) is 2.36. The molecule has 0 fully saturated rings. The van der Waals surface area contributed by atoms with Gasteiger partial charge in [0.1, 0.15) is 11.4 Å². The maximum absolute atomic E-state index is 11.5. The summed E-state index contributed by atoms with van der Waals surface area (Å²) in [6, 6.07) is 0. The number of nitrogens with zero attached hydrogens (tertiary/aromatic N) is 1. The molecule has 1 unspecified atom stereocenters. The van der Waals surface area contributed by atoms with Crippen LogP contribution in [0.4, 0.5) is 0 Å². The number of carbonyl (C=O) groups is 1. The van der Waals surface area contributed by atoms with Gasteiger partial charge in [-0.2, -0.15) is 0 Å². The molecule has 0 bridgehead atoms. The molecule has 0 aliphatic carbocycles. The lowest BCUT2D eigenvalue weighted by Gasteiger charge is -2.10. The lowest BCUT2D eigenvalue weighted by molar-refractivity contribution is 0.0693. The largest absolute Gasteiger partial charge is 0.477 e. The van der Waals surface area contributed by atoms with Gasteiger partial charge in [-0.1, -0.05) is 6.92 Å². The van der Waals surface area contributed by atoms with Crippen LogP contribution in [-0.2, 0) is 11.2 Å². The van der Waals surface area contributed by atoms with Gasteiger partial charge in [0.05, 0.1) is 5.69 Å². The molecule has 0 spiro atoms. The predicted octanol–water partition coefficient (Wildman–Crippen LogP) is 0.602. The molecule has 17 heavy (non-hydrogen) atoms. The zero-order chi connectivity index (χ0) is 13.0. The summed E-state index contributed by atoms with van der Waals surface area (Å²) in [4.78, 5) is 28.9. The SMILES string of the molecule is COCC(C)Cc1nc(C)c(C(=O)O)c(=O)[nH]1. The van der Waals surface area contributed by atoms with Crippen LogP contribution in [0.3, 0.4) is 0 Å². The van der Waals surface area contributed by atoms with Crippen molar-refractivity contribution < 1.29 is 14.6 Å². The van der Waals surface area contributed by atoms with Gasteiger partial charge in [0.15, 0.2) is 0 Å². The van der Waals surface area contributed by atoms with Gasteiger partial charge in [-0.3, -0.25) is 4.79 Å². The van der Waals surface area contributed by atoms with Crippen LogP contribution in [0, 0.1) is 12.8 Å². The van der Waals surface area contributed by atoms with E-state index in [1.54, 1.807) is 7.11 Å². The van der Waals surface area contributed by atoms with Crippen molar-refractivity contribution in [2.75, 3.05) is 13.7 Å². The van der Waals surface area contributed by atoms with Crippen molar-refractivity contribution in [3.8, 4) is 0 Å². The Bertz CT molecular complexity index is 467. The number of methoxy groups -OCH3 is 1. The molecule has 94 valence electrons. The van der Waals surface area contributed by atoms with Crippen LogP contribution in [0.25, 0.3) is 0 Å². The molecule has 6 heteroatoms. The maximum atomic E-state index is 11.5. The first-order valence-corrected chi connectivity index (χ1v) is 5.27. The van der Waals surface area contributed by atoms with E-state index in [4.69, 9.17) is 9.84 Å². The number of aromatic amines is 1. The second-order valence-electron chi connectivity index (χ2n) is 4.04. The minimum absolute atomic E-state index is 0.207. The van der Waals surface area contributed by atoms with E-state index in [1.165, 1.54) is 6.92 Å². The molecule has 1 atom stereocenters. The number of hydrogen-bond donors (Lipinski definition) is 2. The summed E-state index contributed by atoms with van der Waals surface area (Å²) in [6.45, 7) is 4.04. The Labute approximate surface area is 98.7 Å². The number of rotatable bonds is 5. The summed E-state index contributed by atoms with van der Waals surface area (Å²) < 4.78 is 4.98. The van der Waals surface area contributed by atoms with Gasteiger partial charge >= 0.3 is 5.97 Å². The first-order valence-electron chi connectivity index (χ1n) is 5.27. The number of carboxylic acid groups (broad SMARTS) is 1.